The van der Waals surface area contributed by atoms with E-state index in [2.05, 4.69) is 48.1 Å². The van der Waals surface area contributed by atoms with Crippen molar-refractivity contribution in [2.75, 3.05) is 6.54 Å². The number of hydrogen-bond donors (Lipinski definition) is 1. The summed E-state index contributed by atoms with van der Waals surface area (Å²) < 4.78 is 1.19. The second kappa shape index (κ2) is 4.91. The molecule has 0 radical (unpaired) electrons. The molecule has 1 aromatic rings. The average molecular weight is 317 g/mol. The molecule has 1 saturated carbocycles. The summed E-state index contributed by atoms with van der Waals surface area (Å²) in [6, 6.07) is 6.07. The summed E-state index contributed by atoms with van der Waals surface area (Å²) in [6.07, 6.45) is 1.27. The number of benzene rings is 1. The minimum Gasteiger partial charge on any atom is -0.312 e. The van der Waals surface area contributed by atoms with E-state index in [1.54, 1.807) is 0 Å². The first-order valence-electron chi connectivity index (χ1n) is 6.07. The third-order valence-corrected chi connectivity index (χ3v) is 4.13. The van der Waals surface area contributed by atoms with Crippen molar-refractivity contribution in [2.45, 2.75) is 38.6 Å². The Kier molecular flexibility index (Phi) is 3.86. The van der Waals surface area contributed by atoms with E-state index in [1.165, 1.54) is 16.5 Å². The Labute approximate surface area is 117 Å². The Morgan fingerprint density at radius 1 is 1.41 bits per heavy atom. The zero-order valence-corrected chi connectivity index (χ0v) is 12.9. The second-order valence-electron chi connectivity index (χ2n) is 5.90. The average Bonchev–Trinajstić information content (AvgIpc) is 2.97. The van der Waals surface area contributed by atoms with E-state index in [9.17, 15) is 0 Å². The summed E-state index contributed by atoms with van der Waals surface area (Å²) in [7, 11) is 0. The second-order valence-corrected chi connectivity index (χ2v) is 7.19. The predicted octanol–water partition coefficient (Wildman–Crippen LogP) is 4.59. The standard InChI is InChI=1S/C14H19BrClN/c1-14(2,3)17-8-9-6-11(9)12-7-10(16)4-5-13(12)15/h4-5,7,9,11,17H,6,8H2,1-3H3. The molecule has 0 spiro atoms. The SMILES string of the molecule is CC(C)(C)NCC1CC1c1cc(Cl)ccc1Br. The highest BCUT2D eigenvalue weighted by atomic mass is 79.9. The summed E-state index contributed by atoms with van der Waals surface area (Å²) >= 11 is 9.66. The molecule has 1 fully saturated rings. The van der Waals surface area contributed by atoms with Crippen molar-refractivity contribution in [3.05, 3.63) is 33.3 Å². The largest absolute Gasteiger partial charge is 0.312 e. The van der Waals surface area contributed by atoms with Crippen LogP contribution in [0.5, 0.6) is 0 Å². The molecule has 17 heavy (non-hydrogen) atoms. The number of nitrogens with one attached hydrogen (secondary N) is 1. The molecule has 0 heterocycles. The van der Waals surface area contributed by atoms with Crippen molar-refractivity contribution < 1.29 is 0 Å². The van der Waals surface area contributed by atoms with Gasteiger partial charge in [-0.3, -0.25) is 0 Å². The van der Waals surface area contributed by atoms with Gasteiger partial charge >= 0.3 is 0 Å². The van der Waals surface area contributed by atoms with Gasteiger partial charge in [-0.2, -0.15) is 0 Å². The fourth-order valence-electron chi connectivity index (χ4n) is 2.09. The van der Waals surface area contributed by atoms with Crippen molar-refractivity contribution in [3.8, 4) is 0 Å². The number of rotatable bonds is 3. The van der Waals surface area contributed by atoms with Crippen molar-refractivity contribution >= 4 is 27.5 Å². The van der Waals surface area contributed by atoms with Crippen LogP contribution in [0.1, 0.15) is 38.7 Å². The molecule has 1 nitrogen and oxygen atoms in total. The van der Waals surface area contributed by atoms with E-state index in [-0.39, 0.29) is 5.54 Å². The highest BCUT2D eigenvalue weighted by molar-refractivity contribution is 9.10. The molecule has 0 amide bonds. The molecule has 0 aromatic heterocycles. The zero-order chi connectivity index (χ0) is 12.6. The van der Waals surface area contributed by atoms with Crippen LogP contribution in [0.25, 0.3) is 0 Å². The topological polar surface area (TPSA) is 12.0 Å². The first-order valence-corrected chi connectivity index (χ1v) is 7.24. The monoisotopic (exact) mass is 315 g/mol. The first kappa shape index (κ1) is 13.4. The first-order chi connectivity index (χ1) is 7.87. The van der Waals surface area contributed by atoms with Gasteiger partial charge in [0.05, 0.1) is 0 Å². The van der Waals surface area contributed by atoms with Crippen molar-refractivity contribution in [1.29, 1.82) is 0 Å². The summed E-state index contributed by atoms with van der Waals surface area (Å²) in [5.74, 6) is 1.42. The molecule has 0 bridgehead atoms. The van der Waals surface area contributed by atoms with Gasteiger partial charge in [0.1, 0.15) is 0 Å². The Morgan fingerprint density at radius 2 is 2.12 bits per heavy atom. The maximum Gasteiger partial charge on any atom is 0.0409 e. The van der Waals surface area contributed by atoms with Crippen molar-refractivity contribution in [1.82, 2.24) is 5.32 Å². The van der Waals surface area contributed by atoms with Crippen molar-refractivity contribution in [2.24, 2.45) is 5.92 Å². The lowest BCUT2D eigenvalue weighted by atomic mass is 10.1. The fourth-order valence-corrected chi connectivity index (χ4v) is 2.81. The maximum absolute atomic E-state index is 6.05. The van der Waals surface area contributed by atoms with Gasteiger partial charge in [0.25, 0.3) is 0 Å². The Hall–Kier alpha value is -0.0500. The highest BCUT2D eigenvalue weighted by Gasteiger charge is 2.39. The molecule has 0 aliphatic heterocycles. The van der Waals surface area contributed by atoms with E-state index in [4.69, 9.17) is 11.6 Å². The molecule has 1 N–H and O–H groups in total. The van der Waals surface area contributed by atoms with Crippen LogP contribution >= 0.6 is 27.5 Å². The molecule has 0 saturated heterocycles. The van der Waals surface area contributed by atoms with Crippen LogP contribution < -0.4 is 5.32 Å². The summed E-state index contributed by atoms with van der Waals surface area (Å²) in [4.78, 5) is 0. The molecular weight excluding hydrogens is 298 g/mol. The number of hydrogen-bond acceptors (Lipinski definition) is 1. The maximum atomic E-state index is 6.05. The van der Waals surface area contributed by atoms with Crippen LogP contribution in [-0.4, -0.2) is 12.1 Å². The molecule has 2 rings (SSSR count). The smallest absolute Gasteiger partial charge is 0.0409 e. The van der Waals surface area contributed by atoms with Crippen molar-refractivity contribution in [3.63, 3.8) is 0 Å². The number of halogens is 2. The van der Waals surface area contributed by atoms with Gasteiger partial charge in [-0.05, 0) is 69.3 Å². The zero-order valence-electron chi connectivity index (χ0n) is 10.6. The van der Waals surface area contributed by atoms with E-state index < -0.39 is 0 Å². The van der Waals surface area contributed by atoms with Crippen LogP contribution in [0, 0.1) is 5.92 Å². The van der Waals surface area contributed by atoms with E-state index >= 15 is 0 Å². The molecule has 2 unspecified atom stereocenters. The molecule has 94 valence electrons. The summed E-state index contributed by atoms with van der Waals surface area (Å²) in [6.45, 7) is 7.71. The van der Waals surface area contributed by atoms with Gasteiger partial charge in [0, 0.05) is 15.0 Å². The fraction of sp³-hybridized carbons (Fsp3) is 0.571. The molecule has 1 aliphatic carbocycles. The highest BCUT2D eigenvalue weighted by Crippen LogP contribution is 2.49. The van der Waals surface area contributed by atoms with Gasteiger partial charge in [-0.15, -0.1) is 0 Å². The van der Waals surface area contributed by atoms with Gasteiger partial charge in [0.2, 0.25) is 0 Å². The minimum absolute atomic E-state index is 0.207. The third kappa shape index (κ3) is 3.70. The Bertz CT molecular complexity index is 411. The lowest BCUT2D eigenvalue weighted by Gasteiger charge is -2.20. The summed E-state index contributed by atoms with van der Waals surface area (Å²) in [5, 5.41) is 4.40. The van der Waals surface area contributed by atoms with Gasteiger partial charge < -0.3 is 5.32 Å². The third-order valence-electron chi connectivity index (χ3n) is 3.17. The molecule has 2 atom stereocenters. The normalized spacial score (nSPS) is 23.8. The molecule has 1 aromatic carbocycles. The van der Waals surface area contributed by atoms with Gasteiger partial charge in [-0.25, -0.2) is 0 Å². The van der Waals surface area contributed by atoms with Crippen LogP contribution in [-0.2, 0) is 0 Å². The summed E-state index contributed by atoms with van der Waals surface area (Å²) in [5.41, 5.74) is 1.57. The lowest BCUT2D eigenvalue weighted by Crippen LogP contribution is -2.37. The van der Waals surface area contributed by atoms with Crippen LogP contribution in [0.15, 0.2) is 22.7 Å². The van der Waals surface area contributed by atoms with Crippen LogP contribution in [0.3, 0.4) is 0 Å². The Balaban J connectivity index is 1.96. The van der Waals surface area contributed by atoms with E-state index in [1.807, 2.05) is 12.1 Å². The Morgan fingerprint density at radius 3 is 2.76 bits per heavy atom. The van der Waals surface area contributed by atoms with Crippen LogP contribution in [0.4, 0.5) is 0 Å². The predicted molar refractivity (Wildman–Crippen MR) is 77.8 cm³/mol. The van der Waals surface area contributed by atoms with Gasteiger partial charge in [-0.1, -0.05) is 27.5 Å². The van der Waals surface area contributed by atoms with Crippen LogP contribution in [0.2, 0.25) is 5.02 Å². The van der Waals surface area contributed by atoms with Gasteiger partial charge in [0.15, 0.2) is 0 Å². The molecule has 3 heteroatoms. The molecular formula is C14H19BrClN. The lowest BCUT2D eigenvalue weighted by molar-refractivity contribution is 0.414. The quantitative estimate of drug-likeness (QED) is 0.859. The minimum atomic E-state index is 0.207. The van der Waals surface area contributed by atoms with E-state index in [0.717, 1.165) is 17.5 Å². The van der Waals surface area contributed by atoms with E-state index in [0.29, 0.717) is 5.92 Å². The molecule has 1 aliphatic rings.